The van der Waals surface area contributed by atoms with E-state index >= 15 is 0 Å². The summed E-state index contributed by atoms with van der Waals surface area (Å²) >= 11 is 0. The maximum Gasteiger partial charge on any atom is 0.242 e. The Morgan fingerprint density at radius 3 is 2.71 bits per heavy atom. The van der Waals surface area contributed by atoms with Crippen LogP contribution in [0.5, 0.6) is 5.75 Å². The molecule has 0 spiro atoms. The standard InChI is InChI=1S/C16H23FN2O2/c1-3-16(9-4-10-18-16)15(20)19(2)11-12-21-14-7-5-13(17)6-8-14/h5-8,18H,3-4,9-12H2,1-2H3. The Hall–Kier alpha value is -1.62. The van der Waals surface area contributed by atoms with Gasteiger partial charge in [-0.3, -0.25) is 4.79 Å². The van der Waals surface area contributed by atoms with Crippen LogP contribution in [0.15, 0.2) is 24.3 Å². The first-order valence-electron chi connectivity index (χ1n) is 7.46. The number of carbonyl (C=O) groups is 1. The van der Waals surface area contributed by atoms with Crippen molar-refractivity contribution in [2.45, 2.75) is 31.7 Å². The molecule has 2 rings (SSSR count). The fraction of sp³-hybridized carbons (Fsp3) is 0.562. The van der Waals surface area contributed by atoms with Crippen LogP contribution in [0.3, 0.4) is 0 Å². The van der Waals surface area contributed by atoms with Crippen molar-refractivity contribution < 1.29 is 13.9 Å². The zero-order chi connectivity index (χ0) is 15.3. The van der Waals surface area contributed by atoms with Gasteiger partial charge in [0, 0.05) is 7.05 Å². The Bertz CT molecular complexity index is 470. The number of rotatable bonds is 6. The minimum Gasteiger partial charge on any atom is -0.492 e. The van der Waals surface area contributed by atoms with Crippen LogP contribution in [0.25, 0.3) is 0 Å². The molecule has 0 saturated carbocycles. The normalized spacial score (nSPS) is 21.3. The molecule has 0 radical (unpaired) electrons. The first kappa shape index (κ1) is 15.8. The number of halogens is 1. The van der Waals surface area contributed by atoms with Gasteiger partial charge in [0.2, 0.25) is 5.91 Å². The van der Waals surface area contributed by atoms with Crippen LogP contribution in [0.2, 0.25) is 0 Å². The molecule has 0 aromatic heterocycles. The summed E-state index contributed by atoms with van der Waals surface area (Å²) in [5.74, 6) is 0.457. The molecule has 1 heterocycles. The predicted molar refractivity (Wildman–Crippen MR) is 79.8 cm³/mol. The van der Waals surface area contributed by atoms with Crippen LogP contribution in [0.1, 0.15) is 26.2 Å². The molecule has 1 aromatic rings. The molecular formula is C16H23FN2O2. The lowest BCUT2D eigenvalue weighted by molar-refractivity contribution is -0.137. The van der Waals surface area contributed by atoms with E-state index in [-0.39, 0.29) is 11.7 Å². The van der Waals surface area contributed by atoms with E-state index in [1.807, 2.05) is 6.92 Å². The minimum atomic E-state index is -0.398. The number of nitrogens with one attached hydrogen (secondary N) is 1. The molecule has 4 nitrogen and oxygen atoms in total. The summed E-state index contributed by atoms with van der Waals surface area (Å²) < 4.78 is 18.3. The van der Waals surface area contributed by atoms with Crippen LogP contribution in [0.4, 0.5) is 4.39 Å². The van der Waals surface area contributed by atoms with Gasteiger partial charge in [-0.25, -0.2) is 4.39 Å². The number of nitrogens with zero attached hydrogens (tertiary/aromatic N) is 1. The fourth-order valence-corrected chi connectivity index (χ4v) is 2.74. The molecule has 0 aliphatic carbocycles. The number of amides is 1. The van der Waals surface area contributed by atoms with E-state index in [0.29, 0.717) is 18.9 Å². The van der Waals surface area contributed by atoms with Gasteiger partial charge < -0.3 is 15.0 Å². The number of likely N-dealkylation sites (N-methyl/N-ethyl adjacent to an activating group) is 1. The monoisotopic (exact) mass is 294 g/mol. The van der Waals surface area contributed by atoms with Crippen molar-refractivity contribution >= 4 is 5.91 Å². The summed E-state index contributed by atoms with van der Waals surface area (Å²) in [4.78, 5) is 14.3. The zero-order valence-electron chi connectivity index (χ0n) is 12.7. The number of carbonyl (C=O) groups excluding carboxylic acids is 1. The molecule has 5 heteroatoms. The van der Waals surface area contributed by atoms with Crippen LogP contribution < -0.4 is 10.1 Å². The molecule has 1 aliphatic heterocycles. The maximum atomic E-state index is 12.8. The quantitative estimate of drug-likeness (QED) is 0.874. The van der Waals surface area contributed by atoms with Crippen LogP contribution >= 0.6 is 0 Å². The highest BCUT2D eigenvalue weighted by molar-refractivity contribution is 5.86. The topological polar surface area (TPSA) is 41.6 Å². The van der Waals surface area contributed by atoms with E-state index in [0.717, 1.165) is 25.8 Å². The molecule has 1 saturated heterocycles. The smallest absolute Gasteiger partial charge is 0.242 e. The molecule has 116 valence electrons. The summed E-state index contributed by atoms with van der Waals surface area (Å²) in [6, 6.07) is 5.89. The van der Waals surface area contributed by atoms with E-state index in [2.05, 4.69) is 5.32 Å². The van der Waals surface area contributed by atoms with Crippen molar-refractivity contribution in [3.8, 4) is 5.75 Å². The zero-order valence-corrected chi connectivity index (χ0v) is 12.7. The van der Waals surface area contributed by atoms with Crippen molar-refractivity contribution in [2.24, 2.45) is 0 Å². The van der Waals surface area contributed by atoms with Gasteiger partial charge in [-0.15, -0.1) is 0 Å². The van der Waals surface area contributed by atoms with Crippen molar-refractivity contribution in [2.75, 3.05) is 26.7 Å². The van der Waals surface area contributed by atoms with E-state index in [9.17, 15) is 9.18 Å². The molecule has 1 amide bonds. The lowest BCUT2D eigenvalue weighted by Gasteiger charge is -2.31. The van der Waals surface area contributed by atoms with Crippen molar-refractivity contribution in [1.82, 2.24) is 10.2 Å². The Kier molecular flexibility index (Phi) is 5.17. The van der Waals surface area contributed by atoms with E-state index in [4.69, 9.17) is 4.74 Å². The lowest BCUT2D eigenvalue weighted by Crippen LogP contribution is -2.54. The van der Waals surface area contributed by atoms with Crippen molar-refractivity contribution in [3.63, 3.8) is 0 Å². The molecule has 0 bridgehead atoms. The average molecular weight is 294 g/mol. The molecule has 1 fully saturated rings. The number of hydrogen-bond acceptors (Lipinski definition) is 3. The summed E-state index contributed by atoms with van der Waals surface area (Å²) in [6.45, 7) is 3.85. The first-order chi connectivity index (χ1) is 10.1. The fourth-order valence-electron chi connectivity index (χ4n) is 2.74. The van der Waals surface area contributed by atoms with Crippen LogP contribution in [0, 0.1) is 5.82 Å². The highest BCUT2D eigenvalue weighted by Crippen LogP contribution is 2.25. The molecule has 1 N–H and O–H groups in total. The Morgan fingerprint density at radius 1 is 1.43 bits per heavy atom. The van der Waals surface area contributed by atoms with Crippen molar-refractivity contribution in [1.29, 1.82) is 0 Å². The minimum absolute atomic E-state index is 0.130. The summed E-state index contributed by atoms with van der Waals surface area (Å²) in [6.07, 6.45) is 2.74. The Balaban J connectivity index is 1.82. The van der Waals surface area contributed by atoms with E-state index < -0.39 is 5.54 Å². The maximum absolute atomic E-state index is 12.8. The molecule has 1 unspecified atom stereocenters. The van der Waals surface area contributed by atoms with Crippen molar-refractivity contribution in [3.05, 3.63) is 30.1 Å². The second kappa shape index (κ2) is 6.89. The van der Waals surface area contributed by atoms with Gasteiger partial charge >= 0.3 is 0 Å². The third kappa shape index (κ3) is 3.73. The van der Waals surface area contributed by atoms with Gasteiger partial charge in [0.15, 0.2) is 0 Å². The molecular weight excluding hydrogens is 271 g/mol. The SMILES string of the molecule is CCC1(C(=O)N(C)CCOc2ccc(F)cc2)CCCN1. The summed E-state index contributed by atoms with van der Waals surface area (Å²) in [5, 5.41) is 3.34. The van der Waals surface area contributed by atoms with Gasteiger partial charge in [0.25, 0.3) is 0 Å². The number of benzene rings is 1. The Morgan fingerprint density at radius 2 is 2.14 bits per heavy atom. The second-order valence-corrected chi connectivity index (χ2v) is 5.50. The van der Waals surface area contributed by atoms with Crippen LogP contribution in [-0.4, -0.2) is 43.1 Å². The van der Waals surface area contributed by atoms with E-state index in [1.54, 1.807) is 24.1 Å². The van der Waals surface area contributed by atoms with E-state index in [1.165, 1.54) is 12.1 Å². The first-order valence-corrected chi connectivity index (χ1v) is 7.46. The van der Waals surface area contributed by atoms with Gasteiger partial charge in [0.1, 0.15) is 18.2 Å². The predicted octanol–water partition coefficient (Wildman–Crippen LogP) is 2.20. The summed E-state index contributed by atoms with van der Waals surface area (Å²) in [7, 11) is 1.80. The number of ether oxygens (including phenoxy) is 1. The van der Waals surface area contributed by atoms with Gasteiger partial charge in [0.05, 0.1) is 12.1 Å². The molecule has 1 atom stereocenters. The molecule has 1 aromatic carbocycles. The van der Waals surface area contributed by atoms with Crippen LogP contribution in [-0.2, 0) is 4.79 Å². The highest BCUT2D eigenvalue weighted by Gasteiger charge is 2.40. The number of hydrogen-bond donors (Lipinski definition) is 1. The molecule has 1 aliphatic rings. The average Bonchev–Trinajstić information content (AvgIpc) is 2.98. The van der Waals surface area contributed by atoms with Gasteiger partial charge in [-0.05, 0) is 50.1 Å². The largest absolute Gasteiger partial charge is 0.492 e. The third-order valence-electron chi connectivity index (χ3n) is 4.11. The lowest BCUT2D eigenvalue weighted by atomic mass is 9.92. The molecule has 21 heavy (non-hydrogen) atoms. The van der Waals surface area contributed by atoms with Gasteiger partial charge in [-0.2, -0.15) is 0 Å². The third-order valence-corrected chi connectivity index (χ3v) is 4.11. The van der Waals surface area contributed by atoms with Gasteiger partial charge in [-0.1, -0.05) is 6.92 Å². The second-order valence-electron chi connectivity index (χ2n) is 5.50. The summed E-state index contributed by atoms with van der Waals surface area (Å²) in [5.41, 5.74) is -0.398. The highest BCUT2D eigenvalue weighted by atomic mass is 19.1. The Labute approximate surface area is 125 Å².